The number of rotatable bonds is 6. The first kappa shape index (κ1) is 14.3. The second-order valence-electron chi connectivity index (χ2n) is 3.85. The molecule has 1 aromatic carbocycles. The Bertz CT molecular complexity index is 407. The van der Waals surface area contributed by atoms with Crippen LogP contribution in [-0.4, -0.2) is 40.8 Å². The number of benzene rings is 1. The van der Waals surface area contributed by atoms with Gasteiger partial charge in [0.05, 0.1) is 14.2 Å². The third-order valence-electron chi connectivity index (χ3n) is 2.72. The van der Waals surface area contributed by atoms with E-state index in [0.717, 1.165) is 5.69 Å². The molecule has 0 unspecified atom stereocenters. The second-order valence-corrected chi connectivity index (χ2v) is 3.85. The summed E-state index contributed by atoms with van der Waals surface area (Å²) in [6.07, 6.45) is 0.460. The molecule has 0 saturated carbocycles. The minimum Gasteiger partial charge on any atom is -0.493 e. The number of hydrogen-bond donors (Lipinski definition) is 1. The standard InChI is InChI=1S/C13H20N2O3/c1-14-8-7-13(16)15(2)10-5-6-11(17-3)12(9-10)18-4/h5-6,9,14H,7-8H2,1-4H3. The second kappa shape index (κ2) is 6.86. The highest BCUT2D eigenvalue weighted by Crippen LogP contribution is 2.31. The lowest BCUT2D eigenvalue weighted by atomic mass is 10.2. The fraction of sp³-hybridized carbons (Fsp3) is 0.462. The van der Waals surface area contributed by atoms with Gasteiger partial charge in [0.1, 0.15) is 0 Å². The number of nitrogens with zero attached hydrogens (tertiary/aromatic N) is 1. The number of anilines is 1. The van der Waals surface area contributed by atoms with Crippen molar-refractivity contribution in [2.45, 2.75) is 6.42 Å². The maximum Gasteiger partial charge on any atom is 0.227 e. The van der Waals surface area contributed by atoms with Gasteiger partial charge >= 0.3 is 0 Å². The number of carbonyl (C=O) groups excluding carboxylic acids is 1. The number of ether oxygens (including phenoxy) is 2. The highest BCUT2D eigenvalue weighted by atomic mass is 16.5. The lowest BCUT2D eigenvalue weighted by Gasteiger charge is -2.19. The Morgan fingerprint density at radius 1 is 1.28 bits per heavy atom. The van der Waals surface area contributed by atoms with Gasteiger partial charge in [0.2, 0.25) is 5.91 Å². The molecule has 5 heteroatoms. The van der Waals surface area contributed by atoms with Gasteiger partial charge in [-0.05, 0) is 19.2 Å². The lowest BCUT2D eigenvalue weighted by molar-refractivity contribution is -0.118. The molecule has 0 fully saturated rings. The molecule has 18 heavy (non-hydrogen) atoms. The molecular weight excluding hydrogens is 232 g/mol. The van der Waals surface area contributed by atoms with E-state index in [4.69, 9.17) is 9.47 Å². The van der Waals surface area contributed by atoms with Crippen LogP contribution in [0.3, 0.4) is 0 Å². The fourth-order valence-electron chi connectivity index (χ4n) is 1.58. The van der Waals surface area contributed by atoms with Gasteiger partial charge in [-0.3, -0.25) is 4.79 Å². The number of nitrogens with one attached hydrogen (secondary N) is 1. The average molecular weight is 252 g/mol. The number of amides is 1. The minimum absolute atomic E-state index is 0.0524. The van der Waals surface area contributed by atoms with Crippen molar-refractivity contribution in [3.8, 4) is 11.5 Å². The Hall–Kier alpha value is -1.75. The van der Waals surface area contributed by atoms with Gasteiger partial charge in [0.25, 0.3) is 0 Å². The van der Waals surface area contributed by atoms with Gasteiger partial charge in [0.15, 0.2) is 11.5 Å². The average Bonchev–Trinajstić information content (AvgIpc) is 2.42. The molecule has 1 amide bonds. The minimum atomic E-state index is 0.0524. The molecule has 0 aliphatic heterocycles. The van der Waals surface area contributed by atoms with Crippen LogP contribution in [0.15, 0.2) is 18.2 Å². The first-order valence-corrected chi connectivity index (χ1v) is 5.77. The van der Waals surface area contributed by atoms with Crippen LogP contribution in [0.1, 0.15) is 6.42 Å². The van der Waals surface area contributed by atoms with Crippen molar-refractivity contribution in [2.75, 3.05) is 39.8 Å². The highest BCUT2D eigenvalue weighted by Gasteiger charge is 2.13. The summed E-state index contributed by atoms with van der Waals surface area (Å²) in [5.74, 6) is 1.32. The molecular formula is C13H20N2O3. The van der Waals surface area contributed by atoms with E-state index in [9.17, 15) is 4.79 Å². The third-order valence-corrected chi connectivity index (χ3v) is 2.72. The van der Waals surface area contributed by atoms with Crippen LogP contribution in [0.4, 0.5) is 5.69 Å². The van der Waals surface area contributed by atoms with Crippen molar-refractivity contribution in [1.82, 2.24) is 5.32 Å². The van der Waals surface area contributed by atoms with E-state index in [0.29, 0.717) is 24.5 Å². The maximum atomic E-state index is 11.9. The topological polar surface area (TPSA) is 50.8 Å². The molecule has 1 rings (SSSR count). The summed E-state index contributed by atoms with van der Waals surface area (Å²) in [6.45, 7) is 0.663. The Balaban J connectivity index is 2.85. The van der Waals surface area contributed by atoms with E-state index in [1.54, 1.807) is 38.3 Å². The smallest absolute Gasteiger partial charge is 0.227 e. The van der Waals surface area contributed by atoms with Crippen molar-refractivity contribution in [1.29, 1.82) is 0 Å². The molecule has 1 aromatic rings. The van der Waals surface area contributed by atoms with Crippen LogP contribution in [0.5, 0.6) is 11.5 Å². The molecule has 0 atom stereocenters. The van der Waals surface area contributed by atoms with Crippen molar-refractivity contribution in [3.63, 3.8) is 0 Å². The molecule has 1 N–H and O–H groups in total. The summed E-state index contributed by atoms with van der Waals surface area (Å²) in [7, 11) is 6.73. The van der Waals surface area contributed by atoms with Crippen molar-refractivity contribution < 1.29 is 14.3 Å². The van der Waals surface area contributed by atoms with Crippen LogP contribution in [0.25, 0.3) is 0 Å². The molecule has 0 saturated heterocycles. The number of carbonyl (C=O) groups is 1. The molecule has 100 valence electrons. The van der Waals surface area contributed by atoms with E-state index < -0.39 is 0 Å². The molecule has 0 aliphatic carbocycles. The Morgan fingerprint density at radius 2 is 1.94 bits per heavy atom. The monoisotopic (exact) mass is 252 g/mol. The molecule has 0 radical (unpaired) electrons. The number of methoxy groups -OCH3 is 2. The number of hydrogen-bond acceptors (Lipinski definition) is 4. The summed E-state index contributed by atoms with van der Waals surface area (Å²) >= 11 is 0. The van der Waals surface area contributed by atoms with Crippen molar-refractivity contribution in [3.05, 3.63) is 18.2 Å². The predicted molar refractivity (Wildman–Crippen MR) is 71.5 cm³/mol. The molecule has 0 spiro atoms. The lowest BCUT2D eigenvalue weighted by Crippen LogP contribution is -2.28. The SMILES string of the molecule is CNCCC(=O)N(C)c1ccc(OC)c(OC)c1. The quantitative estimate of drug-likeness (QED) is 0.828. The fourth-order valence-corrected chi connectivity index (χ4v) is 1.58. The van der Waals surface area contributed by atoms with Crippen LogP contribution < -0.4 is 19.7 Å². The molecule has 0 aliphatic rings. The molecule has 0 aromatic heterocycles. The van der Waals surface area contributed by atoms with Gasteiger partial charge in [-0.2, -0.15) is 0 Å². The van der Waals surface area contributed by atoms with Crippen LogP contribution in [0, 0.1) is 0 Å². The largest absolute Gasteiger partial charge is 0.493 e. The Kier molecular flexibility index (Phi) is 5.45. The first-order valence-electron chi connectivity index (χ1n) is 5.77. The van der Waals surface area contributed by atoms with Crippen LogP contribution in [0.2, 0.25) is 0 Å². The predicted octanol–water partition coefficient (Wildman–Crippen LogP) is 1.28. The third kappa shape index (κ3) is 3.37. The van der Waals surface area contributed by atoms with E-state index in [1.807, 2.05) is 13.1 Å². The maximum absolute atomic E-state index is 11.9. The van der Waals surface area contributed by atoms with E-state index in [-0.39, 0.29) is 5.91 Å². The summed E-state index contributed by atoms with van der Waals surface area (Å²) in [4.78, 5) is 13.5. The van der Waals surface area contributed by atoms with Crippen LogP contribution in [-0.2, 0) is 4.79 Å². The van der Waals surface area contributed by atoms with Gasteiger partial charge in [0, 0.05) is 31.8 Å². The van der Waals surface area contributed by atoms with E-state index in [2.05, 4.69) is 5.32 Å². The Morgan fingerprint density at radius 3 is 2.50 bits per heavy atom. The van der Waals surface area contributed by atoms with Gasteiger partial charge in [-0.25, -0.2) is 0 Å². The van der Waals surface area contributed by atoms with Gasteiger partial charge < -0.3 is 19.7 Å². The highest BCUT2D eigenvalue weighted by molar-refractivity contribution is 5.93. The molecule has 0 bridgehead atoms. The van der Waals surface area contributed by atoms with Crippen molar-refractivity contribution >= 4 is 11.6 Å². The molecule has 0 heterocycles. The zero-order valence-electron chi connectivity index (χ0n) is 11.3. The van der Waals surface area contributed by atoms with Crippen LogP contribution >= 0.6 is 0 Å². The zero-order chi connectivity index (χ0) is 13.5. The first-order chi connectivity index (χ1) is 8.63. The summed E-state index contributed by atoms with van der Waals surface area (Å²) in [5.41, 5.74) is 0.786. The van der Waals surface area contributed by atoms with E-state index >= 15 is 0 Å². The van der Waals surface area contributed by atoms with Gasteiger partial charge in [-0.1, -0.05) is 0 Å². The van der Waals surface area contributed by atoms with E-state index in [1.165, 1.54) is 0 Å². The van der Waals surface area contributed by atoms with Crippen molar-refractivity contribution in [2.24, 2.45) is 0 Å². The summed E-state index contributed by atoms with van der Waals surface area (Å²) in [5, 5.41) is 2.95. The molecule has 5 nitrogen and oxygen atoms in total. The summed E-state index contributed by atoms with van der Waals surface area (Å²) < 4.78 is 10.4. The van der Waals surface area contributed by atoms with Gasteiger partial charge in [-0.15, -0.1) is 0 Å². The normalized spacial score (nSPS) is 10.0. The summed E-state index contributed by atoms with van der Waals surface area (Å²) in [6, 6.07) is 5.41. The zero-order valence-corrected chi connectivity index (χ0v) is 11.3. The Labute approximate surface area is 108 Å².